The third kappa shape index (κ3) is 3.82. The molecule has 0 radical (unpaired) electrons. The number of hydrogen-bond donors (Lipinski definition) is 0. The van der Waals surface area contributed by atoms with E-state index in [-0.39, 0.29) is 0 Å². The fraction of sp³-hybridized carbons (Fsp3) is 0.0556. The number of allylic oxidation sites excluding steroid dienone is 1. The molecule has 0 amide bonds. The molecule has 38 heavy (non-hydrogen) atoms. The minimum Gasteiger partial charge on any atom is -0.312 e. The Labute approximate surface area is 228 Å². The molecule has 1 aliphatic carbocycles. The summed E-state index contributed by atoms with van der Waals surface area (Å²) in [6.07, 6.45) is 4.33. The summed E-state index contributed by atoms with van der Waals surface area (Å²) in [6, 6.07) is 46.9. The second-order valence-corrected chi connectivity index (χ2v) is 10.1. The van der Waals surface area contributed by atoms with Crippen molar-refractivity contribution < 1.29 is 0 Å². The highest BCUT2D eigenvalue weighted by molar-refractivity contribution is 6.31. The van der Waals surface area contributed by atoms with E-state index in [4.69, 9.17) is 11.6 Å². The summed E-state index contributed by atoms with van der Waals surface area (Å²) in [5, 5.41) is 1.94. The Kier molecular flexibility index (Phi) is 5.62. The highest BCUT2D eigenvalue weighted by Crippen LogP contribution is 2.43. The maximum Gasteiger partial charge on any atom is 0.0544 e. The van der Waals surface area contributed by atoms with Crippen LogP contribution in [-0.2, 0) is 6.42 Å². The summed E-state index contributed by atoms with van der Waals surface area (Å²) in [6.45, 7) is 0. The monoisotopic (exact) mass is 505 g/mol. The quantitative estimate of drug-likeness (QED) is 0.225. The summed E-state index contributed by atoms with van der Waals surface area (Å²) in [4.78, 5) is 0. The van der Waals surface area contributed by atoms with E-state index in [9.17, 15) is 0 Å². The zero-order valence-corrected chi connectivity index (χ0v) is 21.5. The molecule has 1 heterocycles. The average Bonchev–Trinajstić information content (AvgIpc) is 3.31. The van der Waals surface area contributed by atoms with Crippen molar-refractivity contribution in [1.29, 1.82) is 0 Å². The summed E-state index contributed by atoms with van der Waals surface area (Å²) >= 11 is 6.59. The maximum atomic E-state index is 6.59. The lowest BCUT2D eigenvalue weighted by Gasteiger charge is -2.20. The second kappa shape index (κ2) is 9.42. The van der Waals surface area contributed by atoms with E-state index in [0.29, 0.717) is 0 Å². The largest absolute Gasteiger partial charge is 0.312 e. The Bertz CT molecular complexity index is 1800. The van der Waals surface area contributed by atoms with Crippen LogP contribution in [0, 0.1) is 12.1 Å². The van der Waals surface area contributed by atoms with Crippen molar-refractivity contribution >= 4 is 28.1 Å². The van der Waals surface area contributed by atoms with Gasteiger partial charge in [-0.1, -0.05) is 103 Å². The van der Waals surface area contributed by atoms with Crippen LogP contribution in [0.4, 0.5) is 0 Å². The smallest absolute Gasteiger partial charge is 0.0544 e. The van der Waals surface area contributed by atoms with Gasteiger partial charge in [0.25, 0.3) is 0 Å². The van der Waals surface area contributed by atoms with E-state index < -0.39 is 0 Å². The fourth-order valence-corrected chi connectivity index (χ4v) is 5.90. The molecule has 0 bridgehead atoms. The maximum absolute atomic E-state index is 6.59. The minimum absolute atomic E-state index is 0.751. The molecule has 0 unspecified atom stereocenters. The molecule has 180 valence electrons. The number of aromatic nitrogens is 1. The molecule has 0 aliphatic heterocycles. The number of rotatable bonds is 4. The number of halogens is 1. The highest BCUT2D eigenvalue weighted by atomic mass is 35.5. The van der Waals surface area contributed by atoms with Crippen molar-refractivity contribution in [3.05, 3.63) is 155 Å². The van der Waals surface area contributed by atoms with Gasteiger partial charge < -0.3 is 4.57 Å². The lowest BCUT2D eigenvalue weighted by molar-refractivity contribution is 0.885. The van der Waals surface area contributed by atoms with Crippen LogP contribution in [0.25, 0.3) is 44.4 Å². The SMILES string of the molecule is Clc1ccc2c(c1)c1c(n2-c2ccc(-c3ccccc3)cc2-c2c#cccc2)CCC=C1c1ccccc1. The molecule has 7 rings (SSSR count). The van der Waals surface area contributed by atoms with E-state index >= 15 is 0 Å². The topological polar surface area (TPSA) is 4.93 Å². The van der Waals surface area contributed by atoms with Crippen molar-refractivity contribution in [2.24, 2.45) is 0 Å². The van der Waals surface area contributed by atoms with Crippen LogP contribution in [-0.4, -0.2) is 4.57 Å². The van der Waals surface area contributed by atoms with E-state index in [1.54, 1.807) is 0 Å². The minimum atomic E-state index is 0.751. The van der Waals surface area contributed by atoms with Gasteiger partial charge in [-0.3, -0.25) is 0 Å². The molecule has 2 heteroatoms. The van der Waals surface area contributed by atoms with Gasteiger partial charge in [0.05, 0.1) is 11.2 Å². The molecule has 0 atom stereocenters. The van der Waals surface area contributed by atoms with Crippen LogP contribution in [0.5, 0.6) is 0 Å². The molecule has 1 nitrogen and oxygen atoms in total. The molecule has 0 fully saturated rings. The zero-order chi connectivity index (χ0) is 25.5. The fourth-order valence-electron chi connectivity index (χ4n) is 5.73. The van der Waals surface area contributed by atoms with Crippen molar-refractivity contribution in [2.45, 2.75) is 12.8 Å². The van der Waals surface area contributed by atoms with Crippen LogP contribution in [0.1, 0.15) is 23.2 Å². The van der Waals surface area contributed by atoms with Gasteiger partial charge >= 0.3 is 0 Å². The lowest BCUT2D eigenvalue weighted by atomic mass is 9.89. The molecule has 1 aromatic heterocycles. The van der Waals surface area contributed by atoms with Gasteiger partial charge in [-0.15, -0.1) is 0 Å². The van der Waals surface area contributed by atoms with E-state index in [1.807, 2.05) is 18.2 Å². The molecule has 0 spiro atoms. The molecular weight excluding hydrogens is 482 g/mol. The van der Waals surface area contributed by atoms with E-state index in [1.165, 1.54) is 38.9 Å². The van der Waals surface area contributed by atoms with Crippen LogP contribution >= 0.6 is 11.6 Å². The lowest BCUT2D eigenvalue weighted by Crippen LogP contribution is -2.07. The predicted molar refractivity (Wildman–Crippen MR) is 159 cm³/mol. The summed E-state index contributed by atoms with van der Waals surface area (Å²) in [5.74, 6) is 0. The number of nitrogens with zero attached hydrogens (tertiary/aromatic N) is 1. The predicted octanol–water partition coefficient (Wildman–Crippen LogP) is 9.60. The zero-order valence-electron chi connectivity index (χ0n) is 20.8. The highest BCUT2D eigenvalue weighted by Gasteiger charge is 2.25. The first kappa shape index (κ1) is 22.7. The third-order valence-electron chi connectivity index (χ3n) is 7.40. The van der Waals surface area contributed by atoms with Crippen LogP contribution in [0.2, 0.25) is 5.02 Å². The van der Waals surface area contributed by atoms with Crippen molar-refractivity contribution in [3.8, 4) is 27.9 Å². The summed E-state index contributed by atoms with van der Waals surface area (Å²) < 4.78 is 2.45. The standard InChI is InChI=1S/C36H24ClN/c37-29-20-22-34-32(24-29)36-30(26-13-6-2-7-14-26)17-10-18-35(36)38(34)33-21-19-28(25-11-4-1-5-12-25)23-31(33)27-15-8-3-9-16-27/h1-8,11-15,17,19-24H,10,18H2. The molecule has 0 N–H and O–H groups in total. The molecule has 5 aromatic carbocycles. The van der Waals surface area contributed by atoms with Gasteiger partial charge in [-0.05, 0) is 77.6 Å². The Morgan fingerprint density at radius 3 is 2.26 bits per heavy atom. The van der Waals surface area contributed by atoms with Gasteiger partial charge in [-0.25, -0.2) is 0 Å². The van der Waals surface area contributed by atoms with Gasteiger partial charge in [0.1, 0.15) is 0 Å². The molecule has 1 aliphatic rings. The van der Waals surface area contributed by atoms with E-state index in [2.05, 4.69) is 120 Å². The first-order valence-electron chi connectivity index (χ1n) is 13.0. The number of benzene rings is 4. The first-order chi connectivity index (χ1) is 18.8. The number of hydrogen-bond acceptors (Lipinski definition) is 0. The van der Waals surface area contributed by atoms with Gasteiger partial charge in [0.15, 0.2) is 0 Å². The Balaban J connectivity index is 1.53. The summed E-state index contributed by atoms with van der Waals surface area (Å²) in [7, 11) is 0. The Morgan fingerprint density at radius 1 is 0.711 bits per heavy atom. The normalized spacial score (nSPS) is 12.6. The molecule has 6 aromatic rings. The van der Waals surface area contributed by atoms with Crippen LogP contribution in [0.3, 0.4) is 0 Å². The van der Waals surface area contributed by atoms with Gasteiger partial charge in [0, 0.05) is 32.8 Å². The Morgan fingerprint density at radius 2 is 1.50 bits per heavy atom. The molecule has 0 saturated carbocycles. The van der Waals surface area contributed by atoms with Crippen LogP contribution in [0.15, 0.2) is 121 Å². The summed E-state index contributed by atoms with van der Waals surface area (Å²) in [5.41, 5.74) is 11.9. The van der Waals surface area contributed by atoms with Crippen LogP contribution < -0.4 is 0 Å². The van der Waals surface area contributed by atoms with E-state index in [0.717, 1.165) is 40.2 Å². The Hall–Kier alpha value is -4.51. The molecule has 0 saturated heterocycles. The average molecular weight is 506 g/mol. The van der Waals surface area contributed by atoms with Gasteiger partial charge in [-0.2, -0.15) is 0 Å². The van der Waals surface area contributed by atoms with Crippen molar-refractivity contribution in [1.82, 2.24) is 4.57 Å². The van der Waals surface area contributed by atoms with Crippen molar-refractivity contribution in [2.75, 3.05) is 0 Å². The number of fused-ring (bicyclic) bond motifs is 3. The third-order valence-corrected chi connectivity index (χ3v) is 7.63. The molecular formula is C36H24ClN. The second-order valence-electron chi connectivity index (χ2n) is 9.65. The van der Waals surface area contributed by atoms with Gasteiger partial charge in [0.2, 0.25) is 0 Å². The van der Waals surface area contributed by atoms with Crippen molar-refractivity contribution in [3.63, 3.8) is 0 Å². The first-order valence-corrected chi connectivity index (χ1v) is 13.3.